The summed E-state index contributed by atoms with van der Waals surface area (Å²) in [6, 6.07) is 43.0. The van der Waals surface area contributed by atoms with Crippen LogP contribution in [0.15, 0.2) is 134 Å². The molecule has 4 heteroatoms. The van der Waals surface area contributed by atoms with E-state index in [1.165, 1.54) is 43.6 Å². The van der Waals surface area contributed by atoms with Gasteiger partial charge in [-0.05, 0) is 36.4 Å². The lowest BCUT2D eigenvalue weighted by molar-refractivity contribution is 1.15. The average molecular weight is 511 g/mol. The summed E-state index contributed by atoms with van der Waals surface area (Å²) in [5, 5.41) is 7.13. The molecule has 0 aliphatic rings. The van der Waals surface area contributed by atoms with E-state index in [4.69, 9.17) is 9.97 Å². The quantitative estimate of drug-likeness (QED) is 0.218. The Kier molecular flexibility index (Phi) is 4.30. The summed E-state index contributed by atoms with van der Waals surface area (Å²) in [6.45, 7) is 0. The Hall–Kier alpha value is -5.48. The van der Waals surface area contributed by atoms with Crippen LogP contribution in [0.5, 0.6) is 0 Å². The molecule has 0 saturated heterocycles. The second-order valence-electron chi connectivity index (χ2n) is 10.3. The van der Waals surface area contributed by atoms with Crippen LogP contribution in [0.4, 0.5) is 0 Å². The van der Waals surface area contributed by atoms with E-state index >= 15 is 0 Å². The second-order valence-corrected chi connectivity index (χ2v) is 10.3. The Balaban J connectivity index is 1.24. The smallest absolute Gasteiger partial charge is 0.0966 e. The molecule has 4 nitrogen and oxygen atoms in total. The Morgan fingerprint density at radius 1 is 0.375 bits per heavy atom. The third-order valence-electron chi connectivity index (χ3n) is 8.15. The predicted octanol–water partition coefficient (Wildman–Crippen LogP) is 8.98. The van der Waals surface area contributed by atoms with Crippen LogP contribution in [-0.2, 0) is 0 Å². The number of pyridine rings is 2. The molecule has 9 aromatic rings. The van der Waals surface area contributed by atoms with Gasteiger partial charge in [-0.25, -0.2) is 0 Å². The fourth-order valence-corrected chi connectivity index (χ4v) is 6.42. The number of para-hydroxylation sites is 4. The summed E-state index contributed by atoms with van der Waals surface area (Å²) in [6.07, 6.45) is 3.95. The third-order valence-corrected chi connectivity index (χ3v) is 8.15. The molecule has 186 valence electrons. The Morgan fingerprint density at radius 2 is 0.700 bits per heavy atom. The first-order valence-corrected chi connectivity index (χ1v) is 13.5. The van der Waals surface area contributed by atoms with Gasteiger partial charge in [0.1, 0.15) is 0 Å². The highest BCUT2D eigenvalue weighted by Gasteiger charge is 2.15. The van der Waals surface area contributed by atoms with Crippen molar-refractivity contribution in [3.8, 4) is 11.4 Å². The SMILES string of the molecule is c1ccc2c(c1)c1ccccc1n2-c1cnc2c(ccc3cc(-n4c5ccccc5c5ccccc54)cnc32)c1. The predicted molar refractivity (Wildman–Crippen MR) is 166 cm³/mol. The van der Waals surface area contributed by atoms with Crippen molar-refractivity contribution in [3.63, 3.8) is 0 Å². The molecule has 0 spiro atoms. The molecular weight excluding hydrogens is 488 g/mol. The van der Waals surface area contributed by atoms with Crippen molar-refractivity contribution in [1.29, 1.82) is 0 Å². The summed E-state index contributed by atoms with van der Waals surface area (Å²) in [7, 11) is 0. The molecule has 5 aromatic carbocycles. The number of rotatable bonds is 2. The number of benzene rings is 5. The van der Waals surface area contributed by atoms with Crippen LogP contribution < -0.4 is 0 Å². The minimum Gasteiger partial charge on any atom is -0.308 e. The molecule has 0 aliphatic heterocycles. The van der Waals surface area contributed by atoms with Crippen molar-refractivity contribution in [2.75, 3.05) is 0 Å². The van der Waals surface area contributed by atoms with Gasteiger partial charge in [0.15, 0.2) is 0 Å². The molecule has 0 bridgehead atoms. The highest BCUT2D eigenvalue weighted by Crippen LogP contribution is 2.35. The fourth-order valence-electron chi connectivity index (χ4n) is 6.42. The molecule has 0 fully saturated rings. The normalized spacial score (nSPS) is 12.0. The Morgan fingerprint density at radius 3 is 1.05 bits per heavy atom. The zero-order valence-electron chi connectivity index (χ0n) is 21.5. The van der Waals surface area contributed by atoms with Gasteiger partial charge in [0.25, 0.3) is 0 Å². The molecule has 9 rings (SSSR count). The first kappa shape index (κ1) is 21.5. The van der Waals surface area contributed by atoms with E-state index in [2.05, 4.69) is 130 Å². The zero-order chi connectivity index (χ0) is 26.2. The molecule has 0 radical (unpaired) electrons. The molecule has 4 aromatic heterocycles. The van der Waals surface area contributed by atoms with Gasteiger partial charge in [0, 0.05) is 32.3 Å². The van der Waals surface area contributed by atoms with Gasteiger partial charge in [0.05, 0.1) is 56.9 Å². The fraction of sp³-hybridized carbons (Fsp3) is 0. The van der Waals surface area contributed by atoms with Gasteiger partial charge in [-0.15, -0.1) is 0 Å². The van der Waals surface area contributed by atoms with Crippen LogP contribution in [0, 0.1) is 0 Å². The van der Waals surface area contributed by atoms with E-state index < -0.39 is 0 Å². The van der Waals surface area contributed by atoms with Crippen molar-refractivity contribution in [3.05, 3.63) is 134 Å². The molecule has 0 aliphatic carbocycles. The molecule has 0 unspecified atom stereocenters. The summed E-state index contributed by atoms with van der Waals surface area (Å²) in [4.78, 5) is 9.96. The minimum atomic E-state index is 0.913. The summed E-state index contributed by atoms with van der Waals surface area (Å²) >= 11 is 0. The van der Waals surface area contributed by atoms with Gasteiger partial charge in [-0.3, -0.25) is 9.97 Å². The largest absolute Gasteiger partial charge is 0.308 e. The second kappa shape index (κ2) is 8.01. The minimum absolute atomic E-state index is 0.913. The van der Waals surface area contributed by atoms with Crippen molar-refractivity contribution in [2.45, 2.75) is 0 Å². The lowest BCUT2D eigenvalue weighted by Crippen LogP contribution is -1.97. The molecule has 0 atom stereocenters. The molecular formula is C36H22N4. The maximum atomic E-state index is 4.98. The summed E-state index contributed by atoms with van der Waals surface area (Å²) in [5.41, 5.74) is 8.64. The van der Waals surface area contributed by atoms with Crippen molar-refractivity contribution in [1.82, 2.24) is 19.1 Å². The van der Waals surface area contributed by atoms with E-state index in [0.717, 1.165) is 33.2 Å². The number of hydrogen-bond donors (Lipinski definition) is 0. The Bertz CT molecular complexity index is 2170. The van der Waals surface area contributed by atoms with Crippen molar-refractivity contribution >= 4 is 65.4 Å². The maximum absolute atomic E-state index is 4.98. The highest BCUT2D eigenvalue weighted by atomic mass is 15.0. The van der Waals surface area contributed by atoms with Crippen LogP contribution in [0.25, 0.3) is 76.8 Å². The number of aromatic nitrogens is 4. The molecule has 40 heavy (non-hydrogen) atoms. The van der Waals surface area contributed by atoms with Crippen LogP contribution in [0.2, 0.25) is 0 Å². The van der Waals surface area contributed by atoms with Crippen LogP contribution in [0.3, 0.4) is 0 Å². The summed E-state index contributed by atoms with van der Waals surface area (Å²) < 4.78 is 4.61. The third kappa shape index (κ3) is 2.90. The van der Waals surface area contributed by atoms with Gasteiger partial charge in [-0.1, -0.05) is 84.9 Å². The molecule has 0 amide bonds. The van der Waals surface area contributed by atoms with Crippen LogP contribution >= 0.6 is 0 Å². The number of hydrogen-bond acceptors (Lipinski definition) is 2. The average Bonchev–Trinajstić information content (AvgIpc) is 3.54. The molecule has 0 N–H and O–H groups in total. The van der Waals surface area contributed by atoms with E-state index in [1.54, 1.807) is 0 Å². The van der Waals surface area contributed by atoms with E-state index in [0.29, 0.717) is 0 Å². The summed E-state index contributed by atoms with van der Waals surface area (Å²) in [5.74, 6) is 0. The van der Waals surface area contributed by atoms with Gasteiger partial charge < -0.3 is 9.13 Å². The van der Waals surface area contributed by atoms with E-state index in [-0.39, 0.29) is 0 Å². The van der Waals surface area contributed by atoms with Crippen molar-refractivity contribution < 1.29 is 0 Å². The Labute approximate surface area is 229 Å². The van der Waals surface area contributed by atoms with Crippen LogP contribution in [0.1, 0.15) is 0 Å². The number of fused-ring (bicyclic) bond motifs is 9. The molecule has 4 heterocycles. The first-order valence-electron chi connectivity index (χ1n) is 13.5. The lowest BCUT2D eigenvalue weighted by atomic mass is 10.1. The number of nitrogens with zero attached hydrogens (tertiary/aromatic N) is 4. The lowest BCUT2D eigenvalue weighted by Gasteiger charge is -2.11. The van der Waals surface area contributed by atoms with Gasteiger partial charge >= 0.3 is 0 Å². The van der Waals surface area contributed by atoms with Gasteiger partial charge in [-0.2, -0.15) is 0 Å². The highest BCUT2D eigenvalue weighted by molar-refractivity contribution is 6.11. The van der Waals surface area contributed by atoms with Gasteiger partial charge in [0.2, 0.25) is 0 Å². The van der Waals surface area contributed by atoms with E-state index in [1.807, 2.05) is 12.4 Å². The van der Waals surface area contributed by atoms with Crippen molar-refractivity contribution in [2.24, 2.45) is 0 Å². The maximum Gasteiger partial charge on any atom is 0.0966 e. The standard InChI is InChI=1S/C36H22N4/c1-5-13-31-27(9-1)28-10-2-6-14-32(28)39(31)25-19-23-17-18-24-20-26(22-38-36(24)35(23)37-21-25)40-33-15-7-3-11-29(33)30-12-4-8-16-34(30)40/h1-22H. The first-order chi connectivity index (χ1) is 19.8. The monoisotopic (exact) mass is 510 g/mol. The zero-order valence-corrected chi connectivity index (χ0v) is 21.5. The topological polar surface area (TPSA) is 35.6 Å². The van der Waals surface area contributed by atoms with Crippen LogP contribution in [-0.4, -0.2) is 19.1 Å². The van der Waals surface area contributed by atoms with E-state index in [9.17, 15) is 0 Å². The molecule has 0 saturated carbocycles.